The first-order chi connectivity index (χ1) is 13.9. The zero-order valence-corrected chi connectivity index (χ0v) is 15.6. The van der Waals surface area contributed by atoms with Gasteiger partial charge in [0, 0.05) is 11.8 Å². The van der Waals surface area contributed by atoms with Crippen molar-refractivity contribution in [3.8, 4) is 0 Å². The fraction of sp³-hybridized carbons (Fsp3) is 0.421. The maximum absolute atomic E-state index is 12.5. The summed E-state index contributed by atoms with van der Waals surface area (Å²) in [5.41, 5.74) is -1.43. The van der Waals surface area contributed by atoms with Crippen LogP contribution in [0.4, 0.5) is 4.79 Å². The Labute approximate surface area is 164 Å². The Bertz CT molecular complexity index is 1030. The van der Waals surface area contributed by atoms with Crippen molar-refractivity contribution in [2.45, 2.75) is 37.5 Å². The van der Waals surface area contributed by atoms with Gasteiger partial charge >= 0.3 is 11.8 Å². The van der Waals surface area contributed by atoms with Crippen molar-refractivity contribution in [3.63, 3.8) is 0 Å². The first kappa shape index (κ1) is 19.4. The van der Waals surface area contributed by atoms with E-state index in [-0.39, 0.29) is 18.7 Å². The molecular formula is C19H21N3O7. The second-order valence-electron chi connectivity index (χ2n) is 7.31. The molecule has 10 nitrogen and oxygen atoms in total. The number of aryl methyl sites for hydroxylation is 1. The van der Waals surface area contributed by atoms with Gasteiger partial charge in [0.2, 0.25) is 0 Å². The summed E-state index contributed by atoms with van der Waals surface area (Å²) in [4.78, 5) is 39.7. The normalized spacial score (nSPS) is 28.0. The van der Waals surface area contributed by atoms with Crippen LogP contribution >= 0.6 is 0 Å². The number of nitrogens with zero attached hydrogens (tertiary/aromatic N) is 2. The Morgan fingerprint density at radius 3 is 2.76 bits per heavy atom. The minimum absolute atomic E-state index is 0.00638. The van der Waals surface area contributed by atoms with Gasteiger partial charge in [-0.15, -0.1) is 0 Å². The SMILES string of the molecule is Cc1cn([C@@H]2O[C@@]3(CO)CN(C(=O)OCc4ccccc4)[C@H]3[C@H]2O)c(=O)[nH]c1=O. The van der Waals surface area contributed by atoms with Gasteiger partial charge in [0.15, 0.2) is 6.23 Å². The van der Waals surface area contributed by atoms with Crippen molar-refractivity contribution in [3.05, 3.63) is 68.5 Å². The number of benzene rings is 1. The van der Waals surface area contributed by atoms with Crippen LogP contribution in [-0.2, 0) is 16.1 Å². The van der Waals surface area contributed by atoms with Crippen molar-refractivity contribution < 1.29 is 24.5 Å². The molecule has 4 rings (SSSR count). The van der Waals surface area contributed by atoms with Crippen molar-refractivity contribution in [1.82, 2.24) is 14.5 Å². The number of aliphatic hydroxyl groups is 2. The highest BCUT2D eigenvalue weighted by Crippen LogP contribution is 2.46. The fourth-order valence-corrected chi connectivity index (χ4v) is 3.88. The number of aliphatic hydroxyl groups excluding tert-OH is 2. The Morgan fingerprint density at radius 1 is 1.34 bits per heavy atom. The van der Waals surface area contributed by atoms with E-state index in [1.54, 1.807) is 0 Å². The average molecular weight is 403 g/mol. The van der Waals surface area contributed by atoms with Crippen molar-refractivity contribution in [1.29, 1.82) is 0 Å². The molecule has 2 saturated heterocycles. The lowest BCUT2D eigenvalue weighted by atomic mass is 9.83. The summed E-state index contributed by atoms with van der Waals surface area (Å²) in [5, 5.41) is 20.6. The number of aromatic nitrogens is 2. The van der Waals surface area contributed by atoms with E-state index in [1.165, 1.54) is 18.0 Å². The van der Waals surface area contributed by atoms with Crippen LogP contribution in [0.25, 0.3) is 0 Å². The second kappa shape index (κ2) is 7.14. The highest BCUT2D eigenvalue weighted by Gasteiger charge is 2.67. The van der Waals surface area contributed by atoms with Gasteiger partial charge in [0.25, 0.3) is 5.56 Å². The number of rotatable bonds is 4. The molecule has 4 atom stereocenters. The van der Waals surface area contributed by atoms with Crippen LogP contribution in [0.5, 0.6) is 0 Å². The standard InChI is InChI=1S/C19H21N3O7/c1-11-7-21(17(26)20-15(11)25)16-13(24)14-19(10-23,29-16)9-22(14)18(27)28-8-12-5-3-2-4-6-12/h2-7,13-14,16,23-24H,8-10H2,1H3,(H,20,25,26)/t13-,14+,16-,19-/m1/s1. The topological polar surface area (TPSA) is 134 Å². The molecule has 0 aliphatic carbocycles. The molecule has 0 saturated carbocycles. The number of carbonyl (C=O) groups is 1. The van der Waals surface area contributed by atoms with Gasteiger partial charge in [-0.2, -0.15) is 0 Å². The van der Waals surface area contributed by atoms with E-state index in [9.17, 15) is 24.6 Å². The summed E-state index contributed by atoms with van der Waals surface area (Å²) in [6.07, 6.45) is -1.84. The molecule has 1 amide bonds. The average Bonchev–Trinajstić information content (AvgIpc) is 2.91. The predicted molar refractivity (Wildman–Crippen MR) is 99.1 cm³/mol. The molecule has 154 valence electrons. The molecule has 29 heavy (non-hydrogen) atoms. The Morgan fingerprint density at radius 2 is 2.07 bits per heavy atom. The molecular weight excluding hydrogens is 382 g/mol. The van der Waals surface area contributed by atoms with Crippen LogP contribution < -0.4 is 11.2 Å². The largest absolute Gasteiger partial charge is 0.445 e. The Balaban J connectivity index is 1.53. The van der Waals surface area contributed by atoms with Crippen LogP contribution in [0.2, 0.25) is 0 Å². The zero-order valence-electron chi connectivity index (χ0n) is 15.6. The van der Waals surface area contributed by atoms with Crippen LogP contribution in [0.15, 0.2) is 46.1 Å². The van der Waals surface area contributed by atoms with E-state index < -0.39 is 47.9 Å². The maximum atomic E-state index is 12.5. The summed E-state index contributed by atoms with van der Waals surface area (Å²) in [6, 6.07) is 8.24. The number of carbonyl (C=O) groups excluding carboxylic acids is 1. The van der Waals surface area contributed by atoms with Crippen LogP contribution in [0.1, 0.15) is 17.4 Å². The molecule has 0 radical (unpaired) electrons. The summed E-state index contributed by atoms with van der Waals surface area (Å²) >= 11 is 0. The summed E-state index contributed by atoms with van der Waals surface area (Å²) in [5.74, 6) is 0. The number of hydrogen-bond donors (Lipinski definition) is 3. The molecule has 2 fully saturated rings. The van der Waals surface area contributed by atoms with Gasteiger partial charge in [-0.3, -0.25) is 19.2 Å². The highest BCUT2D eigenvalue weighted by atomic mass is 16.6. The predicted octanol–water partition coefficient (Wildman–Crippen LogP) is -0.513. The van der Waals surface area contributed by atoms with Gasteiger partial charge in [0.05, 0.1) is 19.2 Å². The molecule has 3 N–H and O–H groups in total. The number of fused-ring (bicyclic) bond motifs is 1. The minimum atomic E-state index is -1.30. The molecule has 0 unspecified atom stereocenters. The lowest BCUT2D eigenvalue weighted by molar-refractivity contribution is -0.173. The Hall–Kier alpha value is -2.95. The van der Waals surface area contributed by atoms with E-state index >= 15 is 0 Å². The van der Waals surface area contributed by atoms with Crippen LogP contribution in [-0.4, -0.2) is 61.7 Å². The Kier molecular flexibility index (Phi) is 4.77. The van der Waals surface area contributed by atoms with E-state index in [0.29, 0.717) is 0 Å². The second-order valence-corrected chi connectivity index (χ2v) is 7.31. The van der Waals surface area contributed by atoms with Crippen LogP contribution in [0.3, 0.4) is 0 Å². The van der Waals surface area contributed by atoms with Crippen molar-refractivity contribution in [2.75, 3.05) is 13.2 Å². The van der Waals surface area contributed by atoms with E-state index in [1.807, 2.05) is 30.3 Å². The van der Waals surface area contributed by atoms with Gasteiger partial charge in [-0.05, 0) is 12.5 Å². The monoisotopic (exact) mass is 403 g/mol. The minimum Gasteiger partial charge on any atom is -0.445 e. The molecule has 0 spiro atoms. The molecule has 10 heteroatoms. The fourth-order valence-electron chi connectivity index (χ4n) is 3.88. The smallest absolute Gasteiger partial charge is 0.410 e. The lowest BCUT2D eigenvalue weighted by Gasteiger charge is -2.50. The maximum Gasteiger partial charge on any atom is 0.410 e. The van der Waals surface area contributed by atoms with Crippen molar-refractivity contribution >= 4 is 6.09 Å². The summed E-state index contributed by atoms with van der Waals surface area (Å²) in [6.45, 7) is 1.13. The number of hydrogen-bond acceptors (Lipinski definition) is 7. The molecule has 0 bridgehead atoms. The van der Waals surface area contributed by atoms with Gasteiger partial charge in [-0.1, -0.05) is 30.3 Å². The van der Waals surface area contributed by atoms with E-state index in [4.69, 9.17) is 9.47 Å². The number of likely N-dealkylation sites (tertiary alicyclic amines) is 1. The molecule has 3 heterocycles. The number of nitrogens with one attached hydrogen (secondary N) is 1. The third-order valence-electron chi connectivity index (χ3n) is 5.41. The van der Waals surface area contributed by atoms with Gasteiger partial charge in [0.1, 0.15) is 18.3 Å². The van der Waals surface area contributed by atoms with Gasteiger partial charge in [-0.25, -0.2) is 9.59 Å². The first-order valence-corrected chi connectivity index (χ1v) is 9.12. The van der Waals surface area contributed by atoms with E-state index in [2.05, 4.69) is 4.98 Å². The van der Waals surface area contributed by atoms with Crippen molar-refractivity contribution in [2.24, 2.45) is 0 Å². The number of H-pyrrole nitrogens is 1. The quantitative estimate of drug-likeness (QED) is 0.626. The number of ether oxygens (including phenoxy) is 2. The summed E-state index contributed by atoms with van der Waals surface area (Å²) < 4.78 is 12.2. The molecule has 1 aromatic carbocycles. The molecule has 2 aliphatic rings. The van der Waals surface area contributed by atoms with E-state index in [0.717, 1.165) is 10.1 Å². The first-order valence-electron chi connectivity index (χ1n) is 9.12. The molecule has 2 aliphatic heterocycles. The van der Waals surface area contributed by atoms with Gasteiger partial charge < -0.3 is 19.7 Å². The zero-order chi connectivity index (χ0) is 20.8. The third kappa shape index (κ3) is 3.15. The third-order valence-corrected chi connectivity index (χ3v) is 5.41. The number of aromatic amines is 1. The van der Waals surface area contributed by atoms with Crippen LogP contribution in [0, 0.1) is 6.92 Å². The molecule has 2 aromatic rings. The number of amides is 1. The molecule has 1 aromatic heterocycles. The lowest BCUT2D eigenvalue weighted by Crippen LogP contribution is -2.73. The summed E-state index contributed by atoms with van der Waals surface area (Å²) in [7, 11) is 0. The highest BCUT2D eigenvalue weighted by molar-refractivity contribution is 5.70.